The van der Waals surface area contributed by atoms with E-state index in [1.807, 2.05) is 0 Å². The first-order valence-electron chi connectivity index (χ1n) is 7.37. The monoisotopic (exact) mass is 324 g/mol. The van der Waals surface area contributed by atoms with Gasteiger partial charge in [-0.15, -0.1) is 0 Å². The minimum Gasteiger partial charge on any atom is -0.508 e. The smallest absolute Gasteiger partial charge is 0.277 e. The number of aromatic nitrogens is 1. The minimum atomic E-state index is -0.451. The van der Waals surface area contributed by atoms with Gasteiger partial charge in [0.15, 0.2) is 5.69 Å². The largest absolute Gasteiger partial charge is 0.508 e. The van der Waals surface area contributed by atoms with Crippen LogP contribution in [0.4, 0.5) is 0 Å². The molecule has 2 aromatic heterocycles. The highest BCUT2D eigenvalue weighted by Gasteiger charge is 2.22. The van der Waals surface area contributed by atoms with Gasteiger partial charge in [-0.05, 0) is 30.3 Å². The third kappa shape index (κ3) is 3.38. The lowest BCUT2D eigenvalue weighted by Gasteiger charge is -2.22. The van der Waals surface area contributed by atoms with E-state index in [9.17, 15) is 15.0 Å². The molecule has 0 aliphatic rings. The van der Waals surface area contributed by atoms with Crippen molar-refractivity contribution in [3.8, 4) is 11.5 Å². The van der Waals surface area contributed by atoms with E-state index in [-0.39, 0.29) is 30.3 Å². The SMILES string of the molecule is O=C(c1ncccc1O)N(Cc1ccco1)Cc1ccccc1O. The van der Waals surface area contributed by atoms with Crippen LogP contribution in [0.5, 0.6) is 11.5 Å². The molecule has 0 aliphatic carbocycles. The number of hydrogen-bond acceptors (Lipinski definition) is 5. The molecule has 0 bridgehead atoms. The topological polar surface area (TPSA) is 86.8 Å². The summed E-state index contributed by atoms with van der Waals surface area (Å²) < 4.78 is 5.31. The molecule has 0 radical (unpaired) electrons. The highest BCUT2D eigenvalue weighted by atomic mass is 16.3. The van der Waals surface area contributed by atoms with Gasteiger partial charge in [-0.2, -0.15) is 0 Å². The van der Waals surface area contributed by atoms with Gasteiger partial charge >= 0.3 is 0 Å². The molecule has 0 saturated heterocycles. The zero-order valence-electron chi connectivity index (χ0n) is 12.8. The summed E-state index contributed by atoms with van der Waals surface area (Å²) in [5, 5.41) is 19.9. The number of pyridine rings is 1. The van der Waals surface area contributed by atoms with E-state index in [1.54, 1.807) is 42.5 Å². The van der Waals surface area contributed by atoms with E-state index in [1.165, 1.54) is 23.4 Å². The summed E-state index contributed by atoms with van der Waals surface area (Å²) in [4.78, 5) is 18.2. The van der Waals surface area contributed by atoms with Crippen molar-refractivity contribution in [2.75, 3.05) is 0 Å². The molecule has 122 valence electrons. The number of rotatable bonds is 5. The Morgan fingerprint density at radius 1 is 1.00 bits per heavy atom. The summed E-state index contributed by atoms with van der Waals surface area (Å²) in [5.41, 5.74) is 0.548. The van der Waals surface area contributed by atoms with E-state index >= 15 is 0 Å². The van der Waals surface area contributed by atoms with Crippen molar-refractivity contribution in [3.63, 3.8) is 0 Å². The van der Waals surface area contributed by atoms with Crippen molar-refractivity contribution in [2.24, 2.45) is 0 Å². The molecule has 0 spiro atoms. The average molecular weight is 324 g/mol. The number of benzene rings is 1. The third-order valence-corrected chi connectivity index (χ3v) is 3.56. The van der Waals surface area contributed by atoms with E-state index < -0.39 is 5.91 Å². The Balaban J connectivity index is 1.91. The molecule has 0 saturated carbocycles. The molecular weight excluding hydrogens is 308 g/mol. The van der Waals surface area contributed by atoms with E-state index in [0.717, 1.165) is 0 Å². The molecule has 6 nitrogen and oxygen atoms in total. The van der Waals surface area contributed by atoms with Crippen LogP contribution in [0.2, 0.25) is 0 Å². The first-order valence-corrected chi connectivity index (χ1v) is 7.37. The van der Waals surface area contributed by atoms with Crippen molar-refractivity contribution in [1.82, 2.24) is 9.88 Å². The standard InChI is InChI=1S/C18H16N2O4/c21-15-7-2-1-5-13(15)11-20(12-14-6-4-10-24-14)18(23)17-16(22)8-3-9-19-17/h1-10,21-22H,11-12H2. The summed E-state index contributed by atoms with van der Waals surface area (Å²) in [6.07, 6.45) is 2.97. The van der Waals surface area contributed by atoms with Crippen LogP contribution in [0.25, 0.3) is 0 Å². The number of phenolic OH excluding ortho intramolecular Hbond substituents is 1. The lowest BCUT2D eigenvalue weighted by atomic mass is 10.1. The fraction of sp³-hybridized carbons (Fsp3) is 0.111. The van der Waals surface area contributed by atoms with Crippen LogP contribution < -0.4 is 0 Å². The van der Waals surface area contributed by atoms with Gasteiger partial charge in [0.25, 0.3) is 5.91 Å². The van der Waals surface area contributed by atoms with E-state index in [2.05, 4.69) is 4.98 Å². The fourth-order valence-electron chi connectivity index (χ4n) is 2.35. The van der Waals surface area contributed by atoms with Gasteiger partial charge in [-0.25, -0.2) is 4.98 Å². The van der Waals surface area contributed by atoms with Crippen molar-refractivity contribution < 1.29 is 19.4 Å². The predicted octanol–water partition coefficient (Wildman–Crippen LogP) is 2.93. The maximum Gasteiger partial charge on any atom is 0.277 e. The molecule has 3 rings (SSSR count). The fourth-order valence-corrected chi connectivity index (χ4v) is 2.35. The first-order chi connectivity index (χ1) is 11.6. The Kier molecular flexibility index (Phi) is 4.47. The maximum absolute atomic E-state index is 12.8. The summed E-state index contributed by atoms with van der Waals surface area (Å²) in [5.74, 6) is 0.0474. The van der Waals surface area contributed by atoms with Crippen molar-refractivity contribution >= 4 is 5.91 Å². The number of hydrogen-bond donors (Lipinski definition) is 2. The molecule has 2 N–H and O–H groups in total. The van der Waals surface area contributed by atoms with Gasteiger partial charge in [0.2, 0.25) is 0 Å². The third-order valence-electron chi connectivity index (χ3n) is 3.56. The second-order valence-corrected chi connectivity index (χ2v) is 5.24. The summed E-state index contributed by atoms with van der Waals surface area (Å²) in [7, 11) is 0. The van der Waals surface area contributed by atoms with Gasteiger partial charge in [-0.1, -0.05) is 18.2 Å². The number of carbonyl (C=O) groups is 1. The van der Waals surface area contributed by atoms with Gasteiger partial charge in [-0.3, -0.25) is 4.79 Å². The number of furan rings is 1. The summed E-state index contributed by atoms with van der Waals surface area (Å²) in [6, 6.07) is 13.2. The number of para-hydroxylation sites is 1. The van der Waals surface area contributed by atoms with Crippen LogP contribution in [0.15, 0.2) is 65.4 Å². The van der Waals surface area contributed by atoms with Crippen molar-refractivity contribution in [2.45, 2.75) is 13.1 Å². The Labute approximate surface area is 138 Å². The molecule has 24 heavy (non-hydrogen) atoms. The van der Waals surface area contributed by atoms with Crippen LogP contribution in [0.1, 0.15) is 21.8 Å². The Hall–Kier alpha value is -3.28. The molecular formula is C18H16N2O4. The predicted molar refractivity (Wildman–Crippen MR) is 86.3 cm³/mol. The van der Waals surface area contributed by atoms with Gasteiger partial charge in [0, 0.05) is 11.8 Å². The highest BCUT2D eigenvalue weighted by Crippen LogP contribution is 2.22. The first kappa shape index (κ1) is 15.6. The number of carbonyl (C=O) groups excluding carboxylic acids is 1. The quantitative estimate of drug-likeness (QED) is 0.753. The Morgan fingerprint density at radius 2 is 1.79 bits per heavy atom. The second kappa shape index (κ2) is 6.87. The van der Waals surface area contributed by atoms with Gasteiger partial charge in [0.05, 0.1) is 19.4 Å². The van der Waals surface area contributed by atoms with Crippen molar-refractivity contribution in [1.29, 1.82) is 0 Å². The van der Waals surface area contributed by atoms with E-state index in [0.29, 0.717) is 11.3 Å². The zero-order valence-corrected chi connectivity index (χ0v) is 12.8. The van der Waals surface area contributed by atoms with Crippen LogP contribution in [-0.4, -0.2) is 26.0 Å². The Bertz CT molecular complexity index is 831. The molecule has 6 heteroatoms. The molecule has 1 amide bonds. The van der Waals surface area contributed by atoms with Gasteiger partial charge < -0.3 is 19.5 Å². The molecule has 0 unspecified atom stereocenters. The Morgan fingerprint density at radius 3 is 2.50 bits per heavy atom. The van der Waals surface area contributed by atoms with Crippen molar-refractivity contribution in [3.05, 3.63) is 78.0 Å². The molecule has 0 aliphatic heterocycles. The maximum atomic E-state index is 12.8. The molecule has 0 fully saturated rings. The molecule has 0 atom stereocenters. The van der Waals surface area contributed by atoms with E-state index in [4.69, 9.17) is 4.42 Å². The zero-order chi connectivity index (χ0) is 16.9. The number of aromatic hydroxyl groups is 2. The van der Waals surface area contributed by atoms with Crippen LogP contribution >= 0.6 is 0 Å². The lowest BCUT2D eigenvalue weighted by molar-refractivity contribution is 0.0707. The average Bonchev–Trinajstić information content (AvgIpc) is 3.09. The molecule has 1 aromatic carbocycles. The number of nitrogens with zero attached hydrogens (tertiary/aromatic N) is 2. The van der Waals surface area contributed by atoms with Gasteiger partial charge in [0.1, 0.15) is 17.3 Å². The van der Waals surface area contributed by atoms with Crippen LogP contribution in [0, 0.1) is 0 Å². The summed E-state index contributed by atoms with van der Waals surface area (Å²) in [6.45, 7) is 0.346. The van der Waals surface area contributed by atoms with Crippen LogP contribution in [0.3, 0.4) is 0 Å². The highest BCUT2D eigenvalue weighted by molar-refractivity contribution is 5.94. The molecule has 3 aromatic rings. The normalized spacial score (nSPS) is 10.5. The second-order valence-electron chi connectivity index (χ2n) is 5.24. The number of amides is 1. The number of phenols is 1. The summed E-state index contributed by atoms with van der Waals surface area (Å²) >= 11 is 0. The minimum absolute atomic E-state index is 0.0422. The molecule has 2 heterocycles. The van der Waals surface area contributed by atoms with Crippen LogP contribution in [-0.2, 0) is 13.1 Å². The lowest BCUT2D eigenvalue weighted by Crippen LogP contribution is -2.30.